The van der Waals surface area contributed by atoms with Crippen LogP contribution in [0, 0.1) is 6.57 Å². The highest BCUT2D eigenvalue weighted by atomic mass is 35.5. The summed E-state index contributed by atoms with van der Waals surface area (Å²) in [6, 6.07) is 11.2. The summed E-state index contributed by atoms with van der Waals surface area (Å²) in [4.78, 5) is 46.7. The van der Waals surface area contributed by atoms with Gasteiger partial charge in [-0.25, -0.2) is 11.0 Å². The fourth-order valence-electron chi connectivity index (χ4n) is 5.53. The van der Waals surface area contributed by atoms with E-state index < -0.39 is 35.1 Å². The van der Waals surface area contributed by atoms with Gasteiger partial charge in [-0.3, -0.25) is 24.1 Å². The number of alkyl halides is 1. The third-order valence-electron chi connectivity index (χ3n) is 7.14. The predicted octanol–water partition coefficient (Wildman–Crippen LogP) is 4.17. The molecule has 1 fully saturated rings. The largest absolute Gasteiger partial charge is 0.325 e. The summed E-state index contributed by atoms with van der Waals surface area (Å²) in [5.41, 5.74) is -0.433. The average Bonchev–Trinajstić information content (AvgIpc) is 3.44. The summed E-state index contributed by atoms with van der Waals surface area (Å²) in [7, 11) is 0. The number of nitrogens with zero attached hydrogens (tertiary/aromatic N) is 3. The first-order chi connectivity index (χ1) is 16.6. The fraction of sp³-hybridized carbons (Fsp3) is 0.385. The van der Waals surface area contributed by atoms with E-state index in [0.717, 1.165) is 5.56 Å². The van der Waals surface area contributed by atoms with E-state index >= 15 is 0 Å². The topological polar surface area (TPSA) is 74.1 Å². The molecule has 3 aliphatic heterocycles. The van der Waals surface area contributed by atoms with Crippen LogP contribution in [0.15, 0.2) is 42.5 Å². The number of hydrogen-bond donors (Lipinski definition) is 1. The zero-order chi connectivity index (χ0) is 25.1. The molecule has 3 aliphatic rings. The van der Waals surface area contributed by atoms with Crippen LogP contribution in [-0.4, -0.2) is 51.9 Å². The van der Waals surface area contributed by atoms with E-state index in [-0.39, 0.29) is 36.9 Å². The number of benzene rings is 2. The number of carbonyl (C=O) groups is 3. The first kappa shape index (κ1) is 23.3. The Morgan fingerprint density at radius 3 is 2.71 bits per heavy atom. The number of likely N-dealkylation sites (tertiary alicyclic amines) is 1. The van der Waals surface area contributed by atoms with Gasteiger partial charge in [-0.05, 0) is 37.1 Å². The van der Waals surface area contributed by atoms with Crippen molar-refractivity contribution in [3.05, 3.63) is 75.6 Å². The lowest BCUT2D eigenvalue weighted by atomic mass is 9.80. The maximum atomic E-state index is 14.9. The van der Waals surface area contributed by atoms with Gasteiger partial charge >= 0.3 is 6.17 Å². The quantitative estimate of drug-likeness (QED) is 0.648. The summed E-state index contributed by atoms with van der Waals surface area (Å²) in [5, 5.41) is 3.14. The van der Waals surface area contributed by atoms with Crippen molar-refractivity contribution in [2.45, 2.75) is 56.5 Å². The molecule has 3 heterocycles. The van der Waals surface area contributed by atoms with Crippen molar-refractivity contribution in [3.8, 4) is 0 Å². The SMILES string of the molecule is [C-]#[N+][C@@H]1C[C@@]2(CN1C(=O)[C@H](CC(C)(C)F)N1Cc3cccc(Cl)c3C1=O)C(=O)Nc1ccccc12. The summed E-state index contributed by atoms with van der Waals surface area (Å²) in [6.45, 7) is 10.6. The number of amides is 3. The molecule has 1 saturated heterocycles. The van der Waals surface area contributed by atoms with Gasteiger partial charge in [0.1, 0.15) is 17.1 Å². The molecule has 7 nitrogen and oxygen atoms in total. The van der Waals surface area contributed by atoms with E-state index in [1.165, 1.54) is 23.6 Å². The normalized spacial score (nSPS) is 23.8. The molecule has 0 radical (unpaired) electrons. The maximum Gasteiger partial charge on any atom is 0.302 e. The second-order valence-electron chi connectivity index (χ2n) is 10.0. The van der Waals surface area contributed by atoms with E-state index in [1.54, 1.807) is 24.3 Å². The number of rotatable bonds is 4. The lowest BCUT2D eigenvalue weighted by molar-refractivity contribution is -0.138. The van der Waals surface area contributed by atoms with Crippen molar-refractivity contribution in [2.24, 2.45) is 0 Å². The Morgan fingerprint density at radius 2 is 2.03 bits per heavy atom. The minimum Gasteiger partial charge on any atom is -0.325 e. The monoisotopic (exact) mass is 494 g/mol. The lowest BCUT2D eigenvalue weighted by Crippen LogP contribution is -2.52. The summed E-state index contributed by atoms with van der Waals surface area (Å²) >= 11 is 6.26. The second kappa shape index (κ2) is 8.06. The Labute approximate surface area is 207 Å². The van der Waals surface area contributed by atoms with Crippen LogP contribution in [-0.2, 0) is 21.5 Å². The molecule has 2 aromatic carbocycles. The lowest BCUT2D eigenvalue weighted by Gasteiger charge is -2.33. The number of fused-ring (bicyclic) bond motifs is 3. The fourth-order valence-corrected chi connectivity index (χ4v) is 5.80. The highest BCUT2D eigenvalue weighted by Gasteiger charge is 2.59. The van der Waals surface area contributed by atoms with Crippen molar-refractivity contribution >= 4 is 35.0 Å². The van der Waals surface area contributed by atoms with Gasteiger partial charge in [0.25, 0.3) is 11.8 Å². The number of nitrogens with one attached hydrogen (secondary N) is 1. The molecular weight excluding hydrogens is 471 g/mol. The van der Waals surface area contributed by atoms with Crippen molar-refractivity contribution in [1.82, 2.24) is 9.80 Å². The third kappa shape index (κ3) is 3.66. The molecule has 0 bridgehead atoms. The van der Waals surface area contributed by atoms with E-state index in [0.29, 0.717) is 16.8 Å². The first-order valence-electron chi connectivity index (χ1n) is 11.4. The molecule has 0 saturated carbocycles. The summed E-state index contributed by atoms with van der Waals surface area (Å²) in [6.07, 6.45) is -1.02. The Morgan fingerprint density at radius 1 is 1.29 bits per heavy atom. The number of carbonyl (C=O) groups excluding carboxylic acids is 3. The Bertz CT molecular complexity index is 1300. The van der Waals surface area contributed by atoms with Crippen molar-refractivity contribution < 1.29 is 18.8 Å². The van der Waals surface area contributed by atoms with E-state index in [2.05, 4.69) is 10.2 Å². The zero-order valence-electron chi connectivity index (χ0n) is 19.3. The van der Waals surface area contributed by atoms with Crippen LogP contribution >= 0.6 is 11.6 Å². The van der Waals surface area contributed by atoms with Crippen molar-refractivity contribution in [1.29, 1.82) is 0 Å². The molecule has 180 valence electrons. The molecular formula is C26H24ClFN4O3. The van der Waals surface area contributed by atoms with Crippen molar-refractivity contribution in [2.75, 3.05) is 11.9 Å². The van der Waals surface area contributed by atoms with Gasteiger partial charge in [0.05, 0.1) is 17.0 Å². The van der Waals surface area contributed by atoms with Gasteiger partial charge in [-0.2, -0.15) is 0 Å². The zero-order valence-corrected chi connectivity index (χ0v) is 20.1. The third-order valence-corrected chi connectivity index (χ3v) is 7.46. The molecule has 9 heteroatoms. The summed E-state index contributed by atoms with van der Waals surface area (Å²) < 4.78 is 14.9. The highest BCUT2D eigenvalue weighted by molar-refractivity contribution is 6.34. The summed E-state index contributed by atoms with van der Waals surface area (Å²) in [5.74, 6) is -1.24. The molecule has 1 spiro atoms. The van der Waals surface area contributed by atoms with Crippen LogP contribution in [0.3, 0.4) is 0 Å². The molecule has 0 unspecified atom stereocenters. The van der Waals surface area contributed by atoms with Gasteiger partial charge in [0.2, 0.25) is 5.91 Å². The van der Waals surface area contributed by atoms with Gasteiger partial charge in [-0.1, -0.05) is 41.9 Å². The molecule has 35 heavy (non-hydrogen) atoms. The first-order valence-corrected chi connectivity index (χ1v) is 11.8. The minimum atomic E-state index is -1.76. The smallest absolute Gasteiger partial charge is 0.302 e. The van der Waals surface area contributed by atoms with Gasteiger partial charge in [-0.15, -0.1) is 0 Å². The van der Waals surface area contributed by atoms with Crippen LogP contribution in [0.25, 0.3) is 4.85 Å². The van der Waals surface area contributed by atoms with Crippen molar-refractivity contribution in [3.63, 3.8) is 0 Å². The number of hydrogen-bond acceptors (Lipinski definition) is 3. The number of halogens is 2. The van der Waals surface area contributed by atoms with Gasteiger partial charge in [0, 0.05) is 25.2 Å². The van der Waals surface area contributed by atoms with Crippen LogP contribution in [0.1, 0.15) is 48.2 Å². The van der Waals surface area contributed by atoms with Crippen LogP contribution < -0.4 is 5.32 Å². The molecule has 0 aliphatic carbocycles. The van der Waals surface area contributed by atoms with Gasteiger partial charge in [0.15, 0.2) is 0 Å². The number of para-hydroxylation sites is 1. The van der Waals surface area contributed by atoms with E-state index in [4.69, 9.17) is 18.2 Å². The average molecular weight is 495 g/mol. The molecule has 3 atom stereocenters. The highest BCUT2D eigenvalue weighted by Crippen LogP contribution is 2.47. The molecule has 3 amide bonds. The van der Waals surface area contributed by atoms with Crippen LogP contribution in [0.4, 0.5) is 10.1 Å². The Balaban J connectivity index is 1.51. The van der Waals surface area contributed by atoms with E-state index in [9.17, 15) is 18.8 Å². The van der Waals surface area contributed by atoms with E-state index in [1.807, 2.05) is 18.2 Å². The molecule has 5 rings (SSSR count). The van der Waals surface area contributed by atoms with Crippen LogP contribution in [0.2, 0.25) is 5.02 Å². The van der Waals surface area contributed by atoms with Crippen LogP contribution in [0.5, 0.6) is 0 Å². The molecule has 1 N–H and O–H groups in total. The number of anilines is 1. The Kier molecular flexibility index (Phi) is 5.37. The van der Waals surface area contributed by atoms with Gasteiger partial charge < -0.3 is 10.2 Å². The second-order valence-corrected chi connectivity index (χ2v) is 10.4. The minimum absolute atomic E-state index is 0.0132. The Hall–Kier alpha value is -3.44. The predicted molar refractivity (Wildman–Crippen MR) is 128 cm³/mol. The maximum absolute atomic E-state index is 14.9. The molecule has 0 aromatic heterocycles. The standard InChI is InChI=1S/C26H24ClFN4O3/c1-25(2,28)11-19(31-13-15-7-6-9-17(27)21(15)23(31)34)22(33)32-14-26(12-20(32)29-3)16-8-4-5-10-18(16)30-24(26)35/h4-10,19-20H,11-14H2,1-2H3,(H,30,35)/t19-,20-,26-/m0/s1. The molecule has 2 aromatic rings.